The number of hydrogen-bond acceptors (Lipinski definition) is 6. The van der Waals surface area contributed by atoms with E-state index in [2.05, 4.69) is 27.9 Å². The molecule has 3 fully saturated rings. The summed E-state index contributed by atoms with van der Waals surface area (Å²) in [6, 6.07) is 0. The zero-order chi connectivity index (χ0) is 16.9. The molecule has 0 N–H and O–H groups in total. The lowest BCUT2D eigenvalue weighted by molar-refractivity contribution is -0.183. The van der Waals surface area contributed by atoms with Gasteiger partial charge in [-0.3, -0.25) is 0 Å². The quantitative estimate of drug-likeness (QED) is 0.779. The van der Waals surface area contributed by atoms with Gasteiger partial charge in [0, 0.05) is 39.2 Å². The molecule has 2 aliphatic carbocycles. The molecule has 1 spiro atoms. The molecule has 25 heavy (non-hydrogen) atoms. The Morgan fingerprint density at radius 1 is 1.08 bits per heavy atom. The van der Waals surface area contributed by atoms with Gasteiger partial charge in [0.15, 0.2) is 11.6 Å². The van der Waals surface area contributed by atoms with Crippen molar-refractivity contribution in [3.8, 4) is 0 Å². The van der Waals surface area contributed by atoms with Crippen molar-refractivity contribution in [2.45, 2.75) is 44.3 Å². The van der Waals surface area contributed by atoms with Crippen molar-refractivity contribution in [3.05, 3.63) is 11.9 Å². The van der Waals surface area contributed by atoms with Crippen LogP contribution in [0.4, 0.5) is 0 Å². The van der Waals surface area contributed by atoms with E-state index in [4.69, 9.17) is 14.5 Å². The highest BCUT2D eigenvalue weighted by atomic mass is 16.7. The first-order valence-corrected chi connectivity index (χ1v) is 9.95. The smallest absolute Gasteiger partial charge is 0.168 e. The molecule has 5 rings (SSSR count). The lowest BCUT2D eigenvalue weighted by Gasteiger charge is -2.40. The van der Waals surface area contributed by atoms with Crippen LogP contribution < -0.4 is 0 Å². The molecular formula is C19H30N4O2. The summed E-state index contributed by atoms with van der Waals surface area (Å²) in [5, 5.41) is 0. The second-order valence-corrected chi connectivity index (χ2v) is 8.46. The molecule has 6 heteroatoms. The Hall–Kier alpha value is -1.27. The maximum atomic E-state index is 5.87. The van der Waals surface area contributed by atoms with Crippen molar-refractivity contribution < 1.29 is 9.47 Å². The molecule has 3 aliphatic heterocycles. The molecule has 0 bridgehead atoms. The van der Waals surface area contributed by atoms with E-state index < -0.39 is 0 Å². The zero-order valence-corrected chi connectivity index (χ0v) is 15.3. The number of amidine groups is 1. The molecule has 1 saturated heterocycles. The van der Waals surface area contributed by atoms with Crippen LogP contribution in [0.5, 0.6) is 0 Å². The second-order valence-electron chi connectivity index (χ2n) is 8.46. The number of ether oxygens (including phenoxy) is 2. The molecule has 0 atom stereocenters. The molecule has 0 unspecified atom stereocenters. The normalized spacial score (nSPS) is 29.2. The number of rotatable bonds is 4. The Kier molecular flexibility index (Phi) is 3.93. The van der Waals surface area contributed by atoms with Crippen molar-refractivity contribution in [2.24, 2.45) is 16.8 Å². The predicted octanol–water partition coefficient (Wildman–Crippen LogP) is 2.05. The highest BCUT2D eigenvalue weighted by molar-refractivity contribution is 5.99. The van der Waals surface area contributed by atoms with Gasteiger partial charge in [-0.15, -0.1) is 0 Å². The van der Waals surface area contributed by atoms with Crippen molar-refractivity contribution in [1.82, 2.24) is 14.7 Å². The van der Waals surface area contributed by atoms with Gasteiger partial charge in [0.1, 0.15) is 6.67 Å². The summed E-state index contributed by atoms with van der Waals surface area (Å²) in [5.41, 5.74) is 1.34. The second kappa shape index (κ2) is 6.16. The lowest BCUT2D eigenvalue weighted by atomic mass is 9.85. The standard InChI is InChI=1S/C19H30N4O2/c1-21-14-22(10-16-4-6-19(7-5-16)24-8-9-25-19)12-17-18(21)20-13-23(17)11-15-2-3-15/h12,15-16H,2-11,13-14H2,1H3. The van der Waals surface area contributed by atoms with E-state index in [-0.39, 0.29) is 5.79 Å². The first-order chi connectivity index (χ1) is 12.2. The SMILES string of the molecule is CN1CN(CC2CCC3(CC2)OCCO3)C=C2C1=NCN2CC1CC1. The first-order valence-electron chi connectivity index (χ1n) is 9.95. The largest absolute Gasteiger partial charge is 0.358 e. The van der Waals surface area contributed by atoms with Gasteiger partial charge in [-0.2, -0.15) is 0 Å². The fraction of sp³-hybridized carbons (Fsp3) is 0.842. The van der Waals surface area contributed by atoms with Crippen LogP contribution >= 0.6 is 0 Å². The average molecular weight is 346 g/mol. The minimum absolute atomic E-state index is 0.236. The third-order valence-electron chi connectivity index (χ3n) is 6.37. The average Bonchev–Trinajstić information content (AvgIpc) is 3.16. The van der Waals surface area contributed by atoms with Crippen LogP contribution in [0.3, 0.4) is 0 Å². The Labute approximate surface area is 150 Å². The highest BCUT2D eigenvalue weighted by Crippen LogP contribution is 2.39. The Morgan fingerprint density at radius 2 is 1.80 bits per heavy atom. The monoisotopic (exact) mass is 346 g/mol. The van der Waals surface area contributed by atoms with Crippen molar-refractivity contribution >= 4 is 5.84 Å². The van der Waals surface area contributed by atoms with E-state index in [9.17, 15) is 0 Å². The van der Waals surface area contributed by atoms with Crippen LogP contribution in [0.2, 0.25) is 0 Å². The number of aliphatic imine (C=N–C) groups is 1. The van der Waals surface area contributed by atoms with E-state index in [1.807, 2.05) is 0 Å². The minimum atomic E-state index is -0.236. The molecule has 138 valence electrons. The van der Waals surface area contributed by atoms with Crippen LogP contribution in [0.1, 0.15) is 38.5 Å². The number of fused-ring (bicyclic) bond motifs is 1. The van der Waals surface area contributed by atoms with Crippen LogP contribution in [0.15, 0.2) is 16.9 Å². The highest BCUT2D eigenvalue weighted by Gasteiger charge is 2.41. The summed E-state index contributed by atoms with van der Waals surface area (Å²) in [5.74, 6) is 2.59. The minimum Gasteiger partial charge on any atom is -0.358 e. The van der Waals surface area contributed by atoms with Gasteiger partial charge in [0.05, 0.1) is 25.6 Å². The molecule has 0 aromatic carbocycles. The Morgan fingerprint density at radius 3 is 2.52 bits per heavy atom. The van der Waals surface area contributed by atoms with Gasteiger partial charge in [0.2, 0.25) is 0 Å². The molecular weight excluding hydrogens is 316 g/mol. The van der Waals surface area contributed by atoms with Crippen molar-refractivity contribution in [2.75, 3.05) is 46.7 Å². The Bertz CT molecular complexity index is 570. The van der Waals surface area contributed by atoms with Crippen LogP contribution in [0, 0.1) is 11.8 Å². The van der Waals surface area contributed by atoms with Crippen LogP contribution in [-0.2, 0) is 9.47 Å². The lowest BCUT2D eigenvalue weighted by Crippen LogP contribution is -2.46. The summed E-state index contributed by atoms with van der Waals surface area (Å²) in [4.78, 5) is 12.1. The Balaban J connectivity index is 1.22. The fourth-order valence-corrected chi connectivity index (χ4v) is 4.76. The third-order valence-corrected chi connectivity index (χ3v) is 6.37. The molecule has 0 radical (unpaired) electrons. The summed E-state index contributed by atoms with van der Waals surface area (Å²) < 4.78 is 11.7. The van der Waals surface area contributed by atoms with Gasteiger partial charge < -0.3 is 24.2 Å². The van der Waals surface area contributed by atoms with E-state index in [0.717, 1.165) is 57.8 Å². The third kappa shape index (κ3) is 3.14. The van der Waals surface area contributed by atoms with Crippen molar-refractivity contribution in [1.29, 1.82) is 0 Å². The van der Waals surface area contributed by atoms with Crippen molar-refractivity contribution in [3.63, 3.8) is 0 Å². The first kappa shape index (κ1) is 15.9. The van der Waals surface area contributed by atoms with Crippen LogP contribution in [-0.4, -0.2) is 73.0 Å². The summed E-state index contributed by atoms with van der Waals surface area (Å²) in [7, 11) is 2.18. The maximum absolute atomic E-state index is 5.87. The number of likely N-dealkylation sites (N-methyl/N-ethyl adjacent to an activating group) is 1. The molecule has 6 nitrogen and oxygen atoms in total. The fourth-order valence-electron chi connectivity index (χ4n) is 4.76. The van der Waals surface area contributed by atoms with E-state index >= 15 is 0 Å². The van der Waals surface area contributed by atoms with Gasteiger partial charge >= 0.3 is 0 Å². The van der Waals surface area contributed by atoms with Crippen LogP contribution in [0.25, 0.3) is 0 Å². The topological polar surface area (TPSA) is 40.5 Å². The van der Waals surface area contributed by atoms with Gasteiger partial charge in [-0.25, -0.2) is 4.99 Å². The molecule has 5 aliphatic rings. The maximum Gasteiger partial charge on any atom is 0.168 e. The number of hydrogen-bond donors (Lipinski definition) is 0. The van der Waals surface area contributed by atoms with E-state index in [0.29, 0.717) is 0 Å². The van der Waals surface area contributed by atoms with Gasteiger partial charge in [-0.05, 0) is 37.5 Å². The van der Waals surface area contributed by atoms with E-state index in [1.165, 1.54) is 43.8 Å². The molecule has 0 aromatic heterocycles. The van der Waals surface area contributed by atoms with Gasteiger partial charge in [0.25, 0.3) is 0 Å². The zero-order valence-electron chi connectivity index (χ0n) is 15.3. The molecule has 0 amide bonds. The predicted molar refractivity (Wildman–Crippen MR) is 95.7 cm³/mol. The van der Waals surface area contributed by atoms with E-state index in [1.54, 1.807) is 0 Å². The number of nitrogens with zero attached hydrogens (tertiary/aromatic N) is 4. The summed E-state index contributed by atoms with van der Waals surface area (Å²) in [6.07, 6.45) is 9.68. The van der Waals surface area contributed by atoms with Gasteiger partial charge in [-0.1, -0.05) is 0 Å². The summed E-state index contributed by atoms with van der Waals surface area (Å²) >= 11 is 0. The molecule has 2 saturated carbocycles. The molecule has 3 heterocycles. The molecule has 0 aromatic rings. The summed E-state index contributed by atoms with van der Waals surface area (Å²) in [6.45, 7) is 5.65.